The van der Waals surface area contributed by atoms with Crippen molar-refractivity contribution in [2.45, 2.75) is 0 Å². The lowest BCUT2D eigenvalue weighted by atomic mass is 10.6. The van der Waals surface area contributed by atoms with Gasteiger partial charge in [0.2, 0.25) is 5.28 Å². The molecule has 0 aliphatic rings. The molecule has 15 heavy (non-hydrogen) atoms. The predicted octanol–water partition coefficient (Wildman–Crippen LogP) is 1.60. The number of nitrogens with zero attached hydrogens (tertiary/aromatic N) is 5. The van der Waals surface area contributed by atoms with Crippen molar-refractivity contribution >= 4 is 46.4 Å². The first-order valence-electron chi connectivity index (χ1n) is 3.80. The van der Waals surface area contributed by atoms with E-state index in [0.717, 1.165) is 0 Å². The summed E-state index contributed by atoms with van der Waals surface area (Å²) in [6, 6.07) is 0. The molecule has 1 N–H and O–H groups in total. The molecular weight excluding hydrogens is 283 g/mol. The van der Waals surface area contributed by atoms with E-state index in [4.69, 9.17) is 11.6 Å². The zero-order valence-corrected chi connectivity index (χ0v) is 10.2. The highest BCUT2D eigenvalue weighted by Crippen LogP contribution is 2.22. The normalized spacial score (nSPS) is 10.3. The molecule has 0 saturated carbocycles. The summed E-state index contributed by atoms with van der Waals surface area (Å²) in [6.45, 7) is 3.31. The van der Waals surface area contributed by atoms with E-state index >= 15 is 0 Å². The summed E-state index contributed by atoms with van der Waals surface area (Å²) >= 11 is 8.85. The number of halogens is 2. The van der Waals surface area contributed by atoms with Gasteiger partial charge in [0.05, 0.1) is 4.47 Å². The molecule has 0 saturated heterocycles. The molecule has 0 atom stereocenters. The largest absolute Gasteiger partial charge is 0.272 e. The minimum atomic E-state index is 0.139. The average Bonchev–Trinajstić information content (AvgIpc) is 2.23. The molecule has 0 aliphatic heterocycles. The lowest BCUT2D eigenvalue weighted by Gasteiger charge is -2.09. The van der Waals surface area contributed by atoms with Crippen LogP contribution in [0.25, 0.3) is 0 Å². The second-order valence-electron chi connectivity index (χ2n) is 2.36. The molecule has 0 radical (unpaired) electrons. The molecule has 6 nitrogen and oxygen atoms in total. The van der Waals surface area contributed by atoms with Crippen LogP contribution in [-0.4, -0.2) is 35.2 Å². The third-order valence-corrected chi connectivity index (χ3v) is 2.08. The van der Waals surface area contributed by atoms with E-state index in [-0.39, 0.29) is 5.28 Å². The third-order valence-electron chi connectivity index (χ3n) is 1.34. The molecule has 0 aliphatic carbocycles. The number of rotatable bonds is 4. The van der Waals surface area contributed by atoms with Crippen LogP contribution in [0.4, 0.5) is 5.82 Å². The smallest absolute Gasteiger partial charge is 0.224 e. The van der Waals surface area contributed by atoms with Gasteiger partial charge in [0.25, 0.3) is 0 Å². The molecule has 80 valence electrons. The van der Waals surface area contributed by atoms with Crippen molar-refractivity contribution in [1.82, 2.24) is 20.5 Å². The topological polar surface area (TPSA) is 65.8 Å². The SMILES string of the molecule is C=NN(C)NC=Nc1nc(Cl)ncc1Br. The van der Waals surface area contributed by atoms with Gasteiger partial charge in [0, 0.05) is 20.0 Å². The number of hydrogen-bond donors (Lipinski definition) is 1. The Bertz CT molecular complexity index is 382. The molecule has 0 bridgehead atoms. The van der Waals surface area contributed by atoms with Crippen LogP contribution in [0.15, 0.2) is 20.8 Å². The summed E-state index contributed by atoms with van der Waals surface area (Å²) in [5.74, 6) is 0.431. The Labute approximate surface area is 100 Å². The number of hydrogen-bond acceptors (Lipinski definition) is 5. The zero-order valence-electron chi connectivity index (χ0n) is 7.85. The van der Waals surface area contributed by atoms with E-state index in [1.807, 2.05) is 0 Å². The highest BCUT2D eigenvalue weighted by atomic mass is 79.9. The van der Waals surface area contributed by atoms with E-state index in [1.165, 1.54) is 17.7 Å². The van der Waals surface area contributed by atoms with E-state index in [9.17, 15) is 0 Å². The highest BCUT2D eigenvalue weighted by Gasteiger charge is 2.00. The van der Waals surface area contributed by atoms with Gasteiger partial charge in [-0.05, 0) is 27.5 Å². The molecule has 0 aromatic carbocycles. The van der Waals surface area contributed by atoms with Gasteiger partial charge in [-0.3, -0.25) is 5.43 Å². The van der Waals surface area contributed by atoms with E-state index < -0.39 is 0 Å². The van der Waals surface area contributed by atoms with E-state index in [1.54, 1.807) is 7.05 Å². The Morgan fingerprint density at radius 3 is 3.13 bits per heavy atom. The van der Waals surface area contributed by atoms with Crippen LogP contribution in [-0.2, 0) is 0 Å². The van der Waals surface area contributed by atoms with E-state index in [0.29, 0.717) is 10.3 Å². The maximum Gasteiger partial charge on any atom is 0.224 e. The van der Waals surface area contributed by atoms with Crippen molar-refractivity contribution in [1.29, 1.82) is 0 Å². The Kier molecular flexibility index (Phi) is 4.44. The number of hydrazine groups is 1. The number of aliphatic imine (C=N–C) groups is 1. The second-order valence-corrected chi connectivity index (χ2v) is 3.56. The van der Waals surface area contributed by atoms with Crippen LogP contribution >= 0.6 is 27.5 Å². The van der Waals surface area contributed by atoms with Gasteiger partial charge in [-0.2, -0.15) is 10.1 Å². The summed E-state index contributed by atoms with van der Waals surface area (Å²) < 4.78 is 0.652. The monoisotopic (exact) mass is 290 g/mol. The summed E-state index contributed by atoms with van der Waals surface area (Å²) in [5, 5.41) is 5.10. The van der Waals surface area contributed by atoms with Crippen molar-refractivity contribution in [3.05, 3.63) is 16.0 Å². The van der Waals surface area contributed by atoms with Crippen LogP contribution in [0.1, 0.15) is 0 Å². The Morgan fingerprint density at radius 1 is 1.73 bits per heavy atom. The summed E-state index contributed by atoms with van der Waals surface area (Å²) in [6.07, 6.45) is 2.94. The van der Waals surface area contributed by atoms with Crippen molar-refractivity contribution in [2.75, 3.05) is 7.05 Å². The van der Waals surface area contributed by atoms with E-state index in [2.05, 4.69) is 48.1 Å². The lowest BCUT2D eigenvalue weighted by Crippen LogP contribution is -2.27. The van der Waals surface area contributed by atoms with Gasteiger partial charge >= 0.3 is 0 Å². The first kappa shape index (κ1) is 11.9. The predicted molar refractivity (Wildman–Crippen MR) is 63.3 cm³/mol. The van der Waals surface area contributed by atoms with Crippen molar-refractivity contribution < 1.29 is 0 Å². The maximum atomic E-state index is 5.61. The summed E-state index contributed by atoms with van der Waals surface area (Å²) in [4.78, 5) is 11.7. The van der Waals surface area contributed by atoms with Crippen molar-refractivity contribution in [3.63, 3.8) is 0 Å². The maximum absolute atomic E-state index is 5.61. The van der Waals surface area contributed by atoms with Crippen LogP contribution in [0.3, 0.4) is 0 Å². The third kappa shape index (κ3) is 3.80. The average molecular weight is 292 g/mol. The van der Waals surface area contributed by atoms with Gasteiger partial charge in [0.1, 0.15) is 6.34 Å². The van der Waals surface area contributed by atoms with Gasteiger partial charge in [-0.1, -0.05) is 0 Å². The van der Waals surface area contributed by atoms with Crippen molar-refractivity contribution in [3.8, 4) is 0 Å². The van der Waals surface area contributed by atoms with Crippen LogP contribution in [0, 0.1) is 0 Å². The summed E-state index contributed by atoms with van der Waals surface area (Å²) in [5.41, 5.74) is 2.72. The minimum absolute atomic E-state index is 0.139. The van der Waals surface area contributed by atoms with Crippen molar-refractivity contribution in [2.24, 2.45) is 10.1 Å². The Balaban J connectivity index is 2.71. The molecule has 0 amide bonds. The minimum Gasteiger partial charge on any atom is -0.272 e. The fourth-order valence-electron chi connectivity index (χ4n) is 0.642. The quantitative estimate of drug-likeness (QED) is 0.396. The summed E-state index contributed by atoms with van der Waals surface area (Å²) in [7, 11) is 1.68. The first-order valence-corrected chi connectivity index (χ1v) is 4.97. The lowest BCUT2D eigenvalue weighted by molar-refractivity contribution is 0.317. The molecule has 1 rings (SSSR count). The molecular formula is C7H8BrClN6. The molecule has 1 aromatic heterocycles. The molecule has 1 heterocycles. The van der Waals surface area contributed by atoms with Crippen LogP contribution in [0.5, 0.6) is 0 Å². The van der Waals surface area contributed by atoms with Gasteiger partial charge in [-0.25, -0.2) is 15.1 Å². The standard InChI is InChI=1S/C7H8BrClN6/c1-10-15(2)13-4-12-6-5(8)3-11-7(9)14-6/h3-4H,1H2,2H3,(H,11,12,13,14). The van der Waals surface area contributed by atoms with Crippen LogP contribution in [0.2, 0.25) is 5.28 Å². The zero-order chi connectivity index (χ0) is 11.3. The van der Waals surface area contributed by atoms with Gasteiger partial charge in [0.15, 0.2) is 5.82 Å². The van der Waals surface area contributed by atoms with Gasteiger partial charge < -0.3 is 0 Å². The first-order chi connectivity index (χ1) is 7.13. The molecule has 0 fully saturated rings. The Morgan fingerprint density at radius 2 is 2.47 bits per heavy atom. The fraction of sp³-hybridized carbons (Fsp3) is 0.143. The molecule has 8 heteroatoms. The van der Waals surface area contributed by atoms with Gasteiger partial charge in [-0.15, -0.1) is 0 Å². The highest BCUT2D eigenvalue weighted by molar-refractivity contribution is 9.10. The number of hydrazone groups is 1. The molecule has 0 spiro atoms. The Hall–Kier alpha value is -1.21. The molecule has 1 aromatic rings. The fourth-order valence-corrected chi connectivity index (χ4v) is 1.06. The number of nitrogens with one attached hydrogen (secondary N) is 1. The molecule has 0 unspecified atom stereocenters. The number of aromatic nitrogens is 2. The second kappa shape index (κ2) is 5.62. The van der Waals surface area contributed by atoms with Crippen LogP contribution < -0.4 is 5.43 Å².